The fourth-order valence-electron chi connectivity index (χ4n) is 1.25. The molecule has 82 valence electrons. The molecule has 0 bridgehead atoms. The first-order valence-corrected chi connectivity index (χ1v) is 5.37. The van der Waals surface area contributed by atoms with Gasteiger partial charge < -0.3 is 10.3 Å². The number of nitrogen functional groups attached to an aromatic ring is 1. The van der Waals surface area contributed by atoms with Gasteiger partial charge in [-0.2, -0.15) is 0 Å². The molecule has 6 heteroatoms. The van der Waals surface area contributed by atoms with Crippen LogP contribution >= 0.6 is 15.9 Å². The average Bonchev–Trinajstić information content (AvgIpc) is 2.27. The van der Waals surface area contributed by atoms with E-state index in [1.54, 1.807) is 23.0 Å². The van der Waals surface area contributed by atoms with Crippen LogP contribution in [-0.2, 0) is 6.54 Å². The molecular formula is C10H9BrN4O. The minimum atomic E-state index is -0.0816. The maximum absolute atomic E-state index is 11.5. The monoisotopic (exact) mass is 280 g/mol. The van der Waals surface area contributed by atoms with Crippen LogP contribution in [0.15, 0.2) is 40.0 Å². The van der Waals surface area contributed by atoms with Crippen LogP contribution in [0.5, 0.6) is 0 Å². The molecule has 2 heterocycles. The van der Waals surface area contributed by atoms with Crippen molar-refractivity contribution in [1.29, 1.82) is 0 Å². The highest BCUT2D eigenvalue weighted by molar-refractivity contribution is 9.10. The summed E-state index contributed by atoms with van der Waals surface area (Å²) in [6.07, 6.45) is 4.74. The van der Waals surface area contributed by atoms with E-state index in [4.69, 9.17) is 5.73 Å². The van der Waals surface area contributed by atoms with Gasteiger partial charge in [-0.1, -0.05) is 0 Å². The van der Waals surface area contributed by atoms with Gasteiger partial charge in [0.25, 0.3) is 5.56 Å². The Bertz CT molecular complexity index is 549. The average molecular weight is 281 g/mol. The van der Waals surface area contributed by atoms with E-state index in [1.807, 2.05) is 0 Å². The summed E-state index contributed by atoms with van der Waals surface area (Å²) in [4.78, 5) is 19.5. The molecule has 2 aromatic rings. The van der Waals surface area contributed by atoms with Crippen LogP contribution in [0, 0.1) is 0 Å². The Morgan fingerprint density at radius 2 is 2.12 bits per heavy atom. The van der Waals surface area contributed by atoms with Gasteiger partial charge in [-0.05, 0) is 22.0 Å². The molecule has 2 rings (SSSR count). The SMILES string of the molecule is Nc1cnc(Cn2cc(Br)ccc2=O)cn1. The molecule has 5 nitrogen and oxygen atoms in total. The molecule has 0 radical (unpaired) electrons. The van der Waals surface area contributed by atoms with Crippen molar-refractivity contribution in [3.05, 3.63) is 51.2 Å². The molecule has 0 saturated heterocycles. The Hall–Kier alpha value is -1.69. The molecule has 0 aromatic carbocycles. The number of aromatic nitrogens is 3. The van der Waals surface area contributed by atoms with Crippen LogP contribution in [-0.4, -0.2) is 14.5 Å². The summed E-state index contributed by atoms with van der Waals surface area (Å²) >= 11 is 3.31. The zero-order chi connectivity index (χ0) is 11.5. The van der Waals surface area contributed by atoms with Crippen LogP contribution in [0.1, 0.15) is 5.69 Å². The van der Waals surface area contributed by atoms with Gasteiger partial charge in [-0.15, -0.1) is 0 Å². The first-order valence-electron chi connectivity index (χ1n) is 4.57. The molecule has 0 unspecified atom stereocenters. The van der Waals surface area contributed by atoms with Crippen LogP contribution < -0.4 is 11.3 Å². The third-order valence-corrected chi connectivity index (χ3v) is 2.47. The number of nitrogens with zero attached hydrogens (tertiary/aromatic N) is 3. The summed E-state index contributed by atoms with van der Waals surface area (Å²) in [7, 11) is 0. The minimum absolute atomic E-state index is 0.0816. The quantitative estimate of drug-likeness (QED) is 0.892. The lowest BCUT2D eigenvalue weighted by Crippen LogP contribution is -2.19. The number of halogens is 1. The number of hydrogen-bond acceptors (Lipinski definition) is 4. The predicted octanol–water partition coefficient (Wildman–Crippen LogP) is 1.03. The lowest BCUT2D eigenvalue weighted by molar-refractivity contribution is 0.732. The van der Waals surface area contributed by atoms with Crippen LogP contribution in [0.4, 0.5) is 5.82 Å². The van der Waals surface area contributed by atoms with Crippen molar-refractivity contribution in [1.82, 2.24) is 14.5 Å². The summed E-state index contributed by atoms with van der Waals surface area (Å²) in [5, 5.41) is 0. The summed E-state index contributed by atoms with van der Waals surface area (Å²) in [6, 6.07) is 3.20. The number of anilines is 1. The van der Waals surface area contributed by atoms with Crippen LogP contribution in [0.3, 0.4) is 0 Å². The highest BCUT2D eigenvalue weighted by Crippen LogP contribution is 2.06. The number of rotatable bonds is 2. The Labute approximate surface area is 100 Å². The third-order valence-electron chi connectivity index (χ3n) is 2.01. The second-order valence-electron chi connectivity index (χ2n) is 3.25. The van der Waals surface area contributed by atoms with E-state index in [1.165, 1.54) is 12.3 Å². The molecule has 0 saturated carbocycles. The van der Waals surface area contributed by atoms with E-state index < -0.39 is 0 Å². The second-order valence-corrected chi connectivity index (χ2v) is 4.16. The number of hydrogen-bond donors (Lipinski definition) is 1. The Balaban J connectivity index is 2.30. The lowest BCUT2D eigenvalue weighted by Gasteiger charge is -2.04. The van der Waals surface area contributed by atoms with E-state index in [0.29, 0.717) is 18.1 Å². The van der Waals surface area contributed by atoms with E-state index in [2.05, 4.69) is 25.9 Å². The van der Waals surface area contributed by atoms with Crippen LogP contribution in [0.25, 0.3) is 0 Å². The zero-order valence-electron chi connectivity index (χ0n) is 8.30. The molecular weight excluding hydrogens is 272 g/mol. The van der Waals surface area contributed by atoms with Gasteiger partial charge in [0.05, 0.1) is 24.6 Å². The summed E-state index contributed by atoms with van der Waals surface area (Å²) < 4.78 is 2.39. The normalized spacial score (nSPS) is 10.3. The van der Waals surface area contributed by atoms with Crippen molar-refractivity contribution < 1.29 is 0 Å². The molecule has 0 atom stereocenters. The Morgan fingerprint density at radius 1 is 1.31 bits per heavy atom. The van der Waals surface area contributed by atoms with E-state index >= 15 is 0 Å². The van der Waals surface area contributed by atoms with E-state index in [-0.39, 0.29) is 5.56 Å². The fourth-order valence-corrected chi connectivity index (χ4v) is 1.63. The number of nitrogens with two attached hydrogens (primary N) is 1. The van der Waals surface area contributed by atoms with Crippen LogP contribution in [0.2, 0.25) is 0 Å². The fraction of sp³-hybridized carbons (Fsp3) is 0.100. The molecule has 0 amide bonds. The Kier molecular flexibility index (Phi) is 3.00. The molecule has 2 N–H and O–H groups in total. The van der Waals surface area contributed by atoms with Gasteiger partial charge in [0.15, 0.2) is 0 Å². The van der Waals surface area contributed by atoms with E-state index in [0.717, 1.165) is 4.47 Å². The van der Waals surface area contributed by atoms with Gasteiger partial charge in [0.1, 0.15) is 5.82 Å². The molecule has 16 heavy (non-hydrogen) atoms. The smallest absolute Gasteiger partial charge is 0.250 e. The maximum atomic E-state index is 11.5. The molecule has 0 aliphatic heterocycles. The topological polar surface area (TPSA) is 73.8 Å². The standard InChI is InChI=1S/C10H9BrN4O/c11-7-1-2-10(16)15(5-7)6-8-3-14-9(12)4-13-8/h1-5H,6H2,(H2,12,14). The summed E-state index contributed by atoms with van der Waals surface area (Å²) in [5.41, 5.74) is 6.03. The van der Waals surface area contributed by atoms with Gasteiger partial charge >= 0.3 is 0 Å². The van der Waals surface area contributed by atoms with Crippen molar-refractivity contribution in [2.45, 2.75) is 6.54 Å². The number of pyridine rings is 1. The lowest BCUT2D eigenvalue weighted by atomic mass is 10.4. The molecule has 0 fully saturated rings. The summed E-state index contributed by atoms with van der Waals surface area (Å²) in [5.74, 6) is 0.366. The highest BCUT2D eigenvalue weighted by Gasteiger charge is 2.00. The molecule has 0 aliphatic rings. The van der Waals surface area contributed by atoms with Crippen molar-refractivity contribution in [3.63, 3.8) is 0 Å². The van der Waals surface area contributed by atoms with Gasteiger partial charge in [-0.3, -0.25) is 9.78 Å². The first kappa shape index (κ1) is 10.8. The molecule has 0 aliphatic carbocycles. The third kappa shape index (κ3) is 2.46. The first-order chi connectivity index (χ1) is 7.65. The predicted molar refractivity (Wildman–Crippen MR) is 63.9 cm³/mol. The van der Waals surface area contributed by atoms with Crippen molar-refractivity contribution in [2.24, 2.45) is 0 Å². The molecule has 2 aromatic heterocycles. The van der Waals surface area contributed by atoms with Gasteiger partial charge in [0.2, 0.25) is 0 Å². The second kappa shape index (κ2) is 4.44. The molecule has 0 spiro atoms. The van der Waals surface area contributed by atoms with Crippen molar-refractivity contribution >= 4 is 21.7 Å². The zero-order valence-corrected chi connectivity index (χ0v) is 9.89. The summed E-state index contributed by atoms with van der Waals surface area (Å²) in [6.45, 7) is 0.381. The van der Waals surface area contributed by atoms with Crippen molar-refractivity contribution in [3.8, 4) is 0 Å². The van der Waals surface area contributed by atoms with Crippen molar-refractivity contribution in [2.75, 3.05) is 5.73 Å². The van der Waals surface area contributed by atoms with E-state index in [9.17, 15) is 4.79 Å². The van der Waals surface area contributed by atoms with Gasteiger partial charge in [-0.25, -0.2) is 4.98 Å². The minimum Gasteiger partial charge on any atom is -0.382 e. The Morgan fingerprint density at radius 3 is 2.81 bits per heavy atom. The van der Waals surface area contributed by atoms with Gasteiger partial charge in [0, 0.05) is 16.7 Å². The maximum Gasteiger partial charge on any atom is 0.250 e. The largest absolute Gasteiger partial charge is 0.382 e. The highest BCUT2D eigenvalue weighted by atomic mass is 79.9.